The molecule has 0 amide bonds. The van der Waals surface area contributed by atoms with E-state index in [1.54, 1.807) is 0 Å². The van der Waals surface area contributed by atoms with E-state index in [0.29, 0.717) is 12.8 Å². The third-order valence-electron chi connectivity index (χ3n) is 6.15. The zero-order valence-electron chi connectivity index (χ0n) is 22.9. The topological polar surface area (TPSA) is 52.6 Å². The van der Waals surface area contributed by atoms with Crippen molar-refractivity contribution in [1.82, 2.24) is 0 Å². The Morgan fingerprint density at radius 2 is 0.788 bits per heavy atom. The lowest BCUT2D eigenvalue weighted by molar-refractivity contribution is -0.207. The Morgan fingerprint density at radius 1 is 0.515 bits per heavy atom. The first-order valence-corrected chi connectivity index (χ1v) is 14.2. The maximum Gasteiger partial charge on any atom is 0.308 e. The maximum atomic E-state index is 12.3. The van der Waals surface area contributed by atoms with Gasteiger partial charge in [-0.3, -0.25) is 9.59 Å². The second kappa shape index (κ2) is 21.5. The molecular formula is C29H56O4. The summed E-state index contributed by atoms with van der Waals surface area (Å²) in [5, 5.41) is 0. The second-order valence-corrected chi connectivity index (χ2v) is 10.8. The molecule has 0 heterocycles. The van der Waals surface area contributed by atoms with Crippen LogP contribution in [-0.2, 0) is 19.1 Å². The van der Waals surface area contributed by atoms with Gasteiger partial charge >= 0.3 is 11.9 Å². The van der Waals surface area contributed by atoms with Gasteiger partial charge in [0.05, 0.1) is 0 Å². The number of unbranched alkanes of at least 4 members (excludes halogenated alkanes) is 16. The minimum atomic E-state index is -0.811. The predicted octanol–water partition coefficient (Wildman–Crippen LogP) is 9.29. The van der Waals surface area contributed by atoms with Crippen LogP contribution in [0.1, 0.15) is 163 Å². The average Bonchev–Trinajstić information content (AvgIpc) is 2.75. The molecule has 0 rings (SSSR count). The normalized spacial score (nSPS) is 11.7. The van der Waals surface area contributed by atoms with Crippen LogP contribution < -0.4 is 0 Å². The van der Waals surface area contributed by atoms with Crippen molar-refractivity contribution in [3.63, 3.8) is 0 Å². The highest BCUT2D eigenvalue weighted by Crippen LogP contribution is 2.25. The van der Waals surface area contributed by atoms with Crippen LogP contribution in [0.2, 0.25) is 0 Å². The minimum Gasteiger partial charge on any atom is -0.425 e. The van der Waals surface area contributed by atoms with Gasteiger partial charge in [0.25, 0.3) is 6.29 Å². The first kappa shape index (κ1) is 31.9. The van der Waals surface area contributed by atoms with E-state index in [4.69, 9.17) is 9.47 Å². The SMILES string of the molecule is CCCCCCCCCCCC(=O)OC(OC(=O)CCCCCCCCCCC)C(C)(C)C. The number of hydrogen-bond donors (Lipinski definition) is 0. The van der Waals surface area contributed by atoms with Crippen LogP contribution in [0, 0.1) is 5.41 Å². The van der Waals surface area contributed by atoms with E-state index in [1.165, 1.54) is 89.9 Å². The quantitative estimate of drug-likeness (QED) is 0.0902. The van der Waals surface area contributed by atoms with E-state index in [0.717, 1.165) is 25.7 Å². The Hall–Kier alpha value is -1.06. The Balaban J connectivity index is 3.96. The van der Waals surface area contributed by atoms with Gasteiger partial charge in [0, 0.05) is 18.3 Å². The summed E-state index contributed by atoms with van der Waals surface area (Å²) >= 11 is 0. The molecule has 0 aromatic carbocycles. The number of carbonyl (C=O) groups is 2. The van der Waals surface area contributed by atoms with E-state index in [-0.39, 0.29) is 11.9 Å². The van der Waals surface area contributed by atoms with Crippen LogP contribution in [0.15, 0.2) is 0 Å². The molecule has 0 bridgehead atoms. The first-order chi connectivity index (χ1) is 15.8. The molecule has 0 spiro atoms. The summed E-state index contributed by atoms with van der Waals surface area (Å²) in [5.41, 5.74) is -0.428. The van der Waals surface area contributed by atoms with Crippen LogP contribution >= 0.6 is 0 Å². The second-order valence-electron chi connectivity index (χ2n) is 10.8. The minimum absolute atomic E-state index is 0.256. The molecule has 0 N–H and O–H groups in total. The van der Waals surface area contributed by atoms with Gasteiger partial charge in [-0.05, 0) is 12.8 Å². The van der Waals surface area contributed by atoms with Crippen molar-refractivity contribution < 1.29 is 19.1 Å². The molecule has 0 aliphatic heterocycles. The van der Waals surface area contributed by atoms with Gasteiger partial charge in [0.15, 0.2) is 0 Å². The molecule has 0 aliphatic rings. The fraction of sp³-hybridized carbons (Fsp3) is 0.931. The predicted molar refractivity (Wildman–Crippen MR) is 139 cm³/mol. The Bertz CT molecular complexity index is 431. The first-order valence-electron chi connectivity index (χ1n) is 14.2. The molecule has 0 atom stereocenters. The van der Waals surface area contributed by atoms with Crippen molar-refractivity contribution >= 4 is 11.9 Å². The lowest BCUT2D eigenvalue weighted by Gasteiger charge is -2.29. The molecule has 0 fully saturated rings. The summed E-state index contributed by atoms with van der Waals surface area (Å²) in [5.74, 6) is -0.512. The van der Waals surface area contributed by atoms with Gasteiger partial charge in [-0.1, -0.05) is 137 Å². The standard InChI is InChI=1S/C29H56O4/c1-6-8-10-12-14-16-18-20-22-24-26(30)32-28(29(3,4)5)33-27(31)25-23-21-19-17-15-13-11-9-7-2/h28H,6-25H2,1-5H3. The zero-order valence-corrected chi connectivity index (χ0v) is 22.9. The highest BCUT2D eigenvalue weighted by atomic mass is 16.7. The zero-order chi connectivity index (χ0) is 24.8. The molecule has 4 heteroatoms. The molecule has 196 valence electrons. The van der Waals surface area contributed by atoms with Crippen molar-refractivity contribution in [2.24, 2.45) is 5.41 Å². The molecule has 0 saturated heterocycles. The number of ether oxygens (including phenoxy) is 2. The molecule has 4 nitrogen and oxygen atoms in total. The summed E-state index contributed by atoms with van der Waals surface area (Å²) in [6, 6.07) is 0. The molecule has 0 unspecified atom stereocenters. The van der Waals surface area contributed by atoms with Crippen molar-refractivity contribution in [2.45, 2.75) is 169 Å². The van der Waals surface area contributed by atoms with Crippen LogP contribution in [0.25, 0.3) is 0 Å². The van der Waals surface area contributed by atoms with Gasteiger partial charge in [0.2, 0.25) is 0 Å². The lowest BCUT2D eigenvalue weighted by atomic mass is 9.96. The molecule has 0 aromatic rings. The molecule has 0 aliphatic carbocycles. The van der Waals surface area contributed by atoms with Crippen molar-refractivity contribution in [1.29, 1.82) is 0 Å². The summed E-state index contributed by atoms with van der Waals surface area (Å²) < 4.78 is 11.1. The number of carbonyl (C=O) groups excluding carboxylic acids is 2. The summed E-state index contributed by atoms with van der Waals surface area (Å²) in [4.78, 5) is 24.6. The molecule has 0 saturated carbocycles. The third kappa shape index (κ3) is 21.2. The molecule has 33 heavy (non-hydrogen) atoms. The fourth-order valence-electron chi connectivity index (χ4n) is 3.89. The number of hydrogen-bond acceptors (Lipinski definition) is 4. The van der Waals surface area contributed by atoms with E-state index in [9.17, 15) is 9.59 Å². The van der Waals surface area contributed by atoms with Gasteiger partial charge in [0.1, 0.15) is 0 Å². The van der Waals surface area contributed by atoms with Gasteiger partial charge in [-0.2, -0.15) is 0 Å². The van der Waals surface area contributed by atoms with Gasteiger partial charge < -0.3 is 9.47 Å². The smallest absolute Gasteiger partial charge is 0.308 e. The summed E-state index contributed by atoms with van der Waals surface area (Å²) in [6.07, 6.45) is 21.8. The number of rotatable bonds is 22. The van der Waals surface area contributed by atoms with E-state index < -0.39 is 11.7 Å². The molecular weight excluding hydrogens is 412 g/mol. The largest absolute Gasteiger partial charge is 0.425 e. The Labute approximate surface area is 206 Å². The van der Waals surface area contributed by atoms with Crippen molar-refractivity contribution in [3.05, 3.63) is 0 Å². The lowest BCUT2D eigenvalue weighted by Crippen LogP contribution is -2.36. The monoisotopic (exact) mass is 468 g/mol. The number of esters is 2. The highest BCUT2D eigenvalue weighted by Gasteiger charge is 2.31. The molecule has 0 aromatic heterocycles. The Kier molecular flexibility index (Phi) is 20.8. The summed E-state index contributed by atoms with van der Waals surface area (Å²) in [6.45, 7) is 10.3. The highest BCUT2D eigenvalue weighted by molar-refractivity contribution is 5.71. The van der Waals surface area contributed by atoms with Gasteiger partial charge in [-0.15, -0.1) is 0 Å². The van der Waals surface area contributed by atoms with Crippen LogP contribution in [-0.4, -0.2) is 18.2 Å². The van der Waals surface area contributed by atoms with Gasteiger partial charge in [-0.25, -0.2) is 0 Å². The van der Waals surface area contributed by atoms with Crippen LogP contribution in [0.4, 0.5) is 0 Å². The maximum absolute atomic E-state index is 12.3. The van der Waals surface area contributed by atoms with Crippen LogP contribution in [0.3, 0.4) is 0 Å². The van der Waals surface area contributed by atoms with Crippen molar-refractivity contribution in [3.8, 4) is 0 Å². The molecule has 0 radical (unpaired) electrons. The average molecular weight is 469 g/mol. The van der Waals surface area contributed by atoms with Crippen molar-refractivity contribution in [2.75, 3.05) is 0 Å². The summed E-state index contributed by atoms with van der Waals surface area (Å²) in [7, 11) is 0. The Morgan fingerprint density at radius 3 is 1.06 bits per heavy atom. The van der Waals surface area contributed by atoms with Crippen LogP contribution in [0.5, 0.6) is 0 Å². The van der Waals surface area contributed by atoms with E-state index >= 15 is 0 Å². The fourth-order valence-corrected chi connectivity index (χ4v) is 3.89. The third-order valence-corrected chi connectivity index (χ3v) is 6.15. The van der Waals surface area contributed by atoms with E-state index in [1.807, 2.05) is 20.8 Å². The van der Waals surface area contributed by atoms with E-state index in [2.05, 4.69) is 13.8 Å².